The van der Waals surface area contributed by atoms with E-state index in [1.165, 1.54) is 0 Å². The number of aliphatic hydroxyl groups is 2. The van der Waals surface area contributed by atoms with Gasteiger partial charge in [0.1, 0.15) is 0 Å². The highest BCUT2D eigenvalue weighted by Crippen LogP contribution is 2.21. The van der Waals surface area contributed by atoms with Gasteiger partial charge in [0.25, 0.3) is 0 Å². The van der Waals surface area contributed by atoms with Crippen LogP contribution >= 0.6 is 0 Å². The average Bonchev–Trinajstić information content (AvgIpc) is 1.82. The van der Waals surface area contributed by atoms with E-state index >= 15 is 0 Å². The summed E-state index contributed by atoms with van der Waals surface area (Å²) < 4.78 is 6.06. The summed E-state index contributed by atoms with van der Waals surface area (Å²) in [7, 11) is -3.35. The normalized spacial score (nSPS) is 13.4. The number of hydrogen-bond donors (Lipinski definition) is 2. The van der Waals surface area contributed by atoms with Crippen molar-refractivity contribution < 1.29 is 14.3 Å². The van der Waals surface area contributed by atoms with Crippen molar-refractivity contribution in [2.45, 2.75) is 38.3 Å². The summed E-state index contributed by atoms with van der Waals surface area (Å²) in [5, 5.41) is 17.8. The topological polar surface area (TPSA) is 49.7 Å². The maximum Gasteiger partial charge on any atom is 0.181 e. The summed E-state index contributed by atoms with van der Waals surface area (Å²) in [6.45, 7) is 8.88. The first-order valence-electron chi connectivity index (χ1n) is 4.75. The molecule has 0 saturated carbocycles. The van der Waals surface area contributed by atoms with Crippen LogP contribution < -0.4 is 0 Å². The zero-order chi connectivity index (χ0) is 10.5. The van der Waals surface area contributed by atoms with Crippen molar-refractivity contribution in [2.75, 3.05) is 13.2 Å². The van der Waals surface area contributed by atoms with Crippen LogP contribution in [-0.2, 0) is 4.12 Å². The Morgan fingerprint density at radius 2 is 1.31 bits per heavy atom. The summed E-state index contributed by atoms with van der Waals surface area (Å²) in [5.74, 6) is 0. The molecule has 0 atom stereocenters. The minimum absolute atomic E-state index is 0.174. The van der Waals surface area contributed by atoms with Crippen LogP contribution in [0, 0.1) is 0 Å². The summed E-state index contributed by atoms with van der Waals surface area (Å²) in [5.41, 5.74) is 0. The van der Waals surface area contributed by atoms with Crippen LogP contribution in [-0.4, -0.2) is 40.1 Å². The Bertz CT molecular complexity index is 139. The lowest BCUT2D eigenvalue weighted by molar-refractivity contribution is 0.297. The molecule has 0 aliphatic carbocycles. The Kier molecular flexibility index (Phi) is 5.38. The van der Waals surface area contributed by atoms with Crippen molar-refractivity contribution >= 4 is 16.6 Å². The fourth-order valence-corrected chi connectivity index (χ4v) is 9.37. The number of rotatable bonds is 6. The molecule has 0 bridgehead atoms. The maximum absolute atomic E-state index is 8.91. The Morgan fingerprint density at radius 3 is 1.54 bits per heavy atom. The largest absolute Gasteiger partial charge is 0.455 e. The first-order valence-corrected chi connectivity index (χ1v) is 11.0. The highest BCUT2D eigenvalue weighted by atomic mass is 28.4. The summed E-state index contributed by atoms with van der Waals surface area (Å²) in [4.78, 5) is 0. The fraction of sp³-hybridized carbons (Fsp3) is 1.00. The van der Waals surface area contributed by atoms with E-state index in [9.17, 15) is 0 Å². The molecule has 0 spiro atoms. The molecule has 5 heteroatoms. The van der Waals surface area contributed by atoms with E-state index in [0.717, 1.165) is 12.1 Å². The van der Waals surface area contributed by atoms with Crippen molar-refractivity contribution in [1.29, 1.82) is 0 Å². The third-order valence-electron chi connectivity index (χ3n) is 1.83. The van der Waals surface area contributed by atoms with Crippen LogP contribution in [0.3, 0.4) is 0 Å². The molecule has 0 heterocycles. The molecule has 0 rings (SSSR count). The molecule has 0 saturated heterocycles. The predicted octanol–water partition coefficient (Wildman–Crippen LogP) is 1.40. The zero-order valence-electron chi connectivity index (χ0n) is 9.13. The molecule has 0 unspecified atom stereocenters. The molecule has 80 valence electrons. The second-order valence-corrected chi connectivity index (χ2v) is 13.6. The first kappa shape index (κ1) is 13.3. The van der Waals surface area contributed by atoms with Gasteiger partial charge in [-0.2, -0.15) is 0 Å². The van der Waals surface area contributed by atoms with Crippen LogP contribution in [0.5, 0.6) is 0 Å². The quantitative estimate of drug-likeness (QED) is 0.668. The molecular formula is C8H22O3Si2. The van der Waals surface area contributed by atoms with E-state index in [-0.39, 0.29) is 13.2 Å². The highest BCUT2D eigenvalue weighted by molar-refractivity contribution is 6.84. The van der Waals surface area contributed by atoms with Crippen molar-refractivity contribution in [3.63, 3.8) is 0 Å². The van der Waals surface area contributed by atoms with Gasteiger partial charge in [0.2, 0.25) is 0 Å². The van der Waals surface area contributed by atoms with Gasteiger partial charge in [0.15, 0.2) is 16.6 Å². The molecule has 0 aromatic carbocycles. The minimum Gasteiger partial charge on any atom is -0.455 e. The molecule has 2 N–H and O–H groups in total. The van der Waals surface area contributed by atoms with E-state index < -0.39 is 16.6 Å². The van der Waals surface area contributed by atoms with Gasteiger partial charge < -0.3 is 14.3 Å². The monoisotopic (exact) mass is 222 g/mol. The van der Waals surface area contributed by atoms with Crippen LogP contribution in [0.2, 0.25) is 38.3 Å². The lowest BCUT2D eigenvalue weighted by Gasteiger charge is -2.33. The van der Waals surface area contributed by atoms with Crippen molar-refractivity contribution in [1.82, 2.24) is 0 Å². The Hall–Kier alpha value is 0.314. The summed E-state index contributed by atoms with van der Waals surface area (Å²) >= 11 is 0. The SMILES string of the molecule is C[Si](C)(C)O[Si](C)(CCO)CCO. The van der Waals surface area contributed by atoms with Crippen molar-refractivity contribution in [2.24, 2.45) is 0 Å². The van der Waals surface area contributed by atoms with Crippen molar-refractivity contribution in [3.8, 4) is 0 Å². The molecule has 0 aliphatic rings. The van der Waals surface area contributed by atoms with Gasteiger partial charge in [-0.3, -0.25) is 0 Å². The van der Waals surface area contributed by atoms with Crippen LogP contribution in [0.25, 0.3) is 0 Å². The molecule has 0 radical (unpaired) electrons. The first-order chi connectivity index (χ1) is 5.83. The standard InChI is InChI=1S/C8H22O3Si2/c1-12(2,3)11-13(4,7-5-9)8-6-10/h9-10H,5-8H2,1-4H3. The second-order valence-electron chi connectivity index (χ2n) is 4.61. The van der Waals surface area contributed by atoms with Gasteiger partial charge in [0, 0.05) is 13.2 Å². The number of aliphatic hydroxyl groups excluding tert-OH is 2. The maximum atomic E-state index is 8.91. The van der Waals surface area contributed by atoms with Gasteiger partial charge in [-0.05, 0) is 38.3 Å². The molecule has 3 nitrogen and oxygen atoms in total. The van der Waals surface area contributed by atoms with Gasteiger partial charge >= 0.3 is 0 Å². The fourth-order valence-electron chi connectivity index (χ4n) is 1.44. The van der Waals surface area contributed by atoms with Crippen LogP contribution in [0.1, 0.15) is 0 Å². The van der Waals surface area contributed by atoms with Gasteiger partial charge in [-0.15, -0.1) is 0 Å². The Balaban J connectivity index is 4.22. The van der Waals surface area contributed by atoms with E-state index in [1.807, 2.05) is 0 Å². The third kappa shape index (κ3) is 6.39. The lowest BCUT2D eigenvalue weighted by Crippen LogP contribution is -2.45. The van der Waals surface area contributed by atoms with Crippen molar-refractivity contribution in [3.05, 3.63) is 0 Å². The van der Waals surface area contributed by atoms with Gasteiger partial charge in [-0.25, -0.2) is 0 Å². The second kappa shape index (κ2) is 5.26. The molecule has 0 amide bonds. The minimum atomic E-state index is -1.82. The molecule has 0 aliphatic heterocycles. The molecular weight excluding hydrogens is 200 g/mol. The van der Waals surface area contributed by atoms with Gasteiger partial charge in [0.05, 0.1) is 0 Å². The lowest BCUT2D eigenvalue weighted by atomic mass is 10.9. The summed E-state index contributed by atoms with van der Waals surface area (Å²) in [6, 6.07) is 1.47. The van der Waals surface area contributed by atoms with E-state index in [2.05, 4.69) is 26.2 Å². The van der Waals surface area contributed by atoms with Crippen LogP contribution in [0.4, 0.5) is 0 Å². The zero-order valence-corrected chi connectivity index (χ0v) is 11.1. The summed E-state index contributed by atoms with van der Waals surface area (Å²) in [6.07, 6.45) is 0. The van der Waals surface area contributed by atoms with E-state index in [4.69, 9.17) is 14.3 Å². The highest BCUT2D eigenvalue weighted by Gasteiger charge is 2.33. The van der Waals surface area contributed by atoms with Gasteiger partial charge in [-0.1, -0.05) is 0 Å². The smallest absolute Gasteiger partial charge is 0.181 e. The predicted molar refractivity (Wildman–Crippen MR) is 59.8 cm³/mol. The molecule has 0 aromatic rings. The molecule has 0 aromatic heterocycles. The molecule has 0 fully saturated rings. The van der Waals surface area contributed by atoms with Crippen LogP contribution in [0.15, 0.2) is 0 Å². The Morgan fingerprint density at radius 1 is 0.923 bits per heavy atom. The average molecular weight is 222 g/mol. The Labute approximate surface area is 83.0 Å². The van der Waals surface area contributed by atoms with E-state index in [0.29, 0.717) is 0 Å². The third-order valence-corrected chi connectivity index (χ3v) is 8.82. The number of hydrogen-bond acceptors (Lipinski definition) is 3. The molecule has 13 heavy (non-hydrogen) atoms. The van der Waals surface area contributed by atoms with E-state index in [1.54, 1.807) is 0 Å².